The number of amides is 1. The maximum Gasteiger partial charge on any atom is 0.234 e. The van der Waals surface area contributed by atoms with Gasteiger partial charge in [0.05, 0.1) is 19.8 Å². The van der Waals surface area contributed by atoms with E-state index in [9.17, 15) is 4.79 Å². The number of hydrogen-bond donors (Lipinski definition) is 1. The lowest BCUT2D eigenvalue weighted by molar-refractivity contribution is -0.120. The van der Waals surface area contributed by atoms with E-state index < -0.39 is 0 Å². The van der Waals surface area contributed by atoms with Crippen molar-refractivity contribution in [3.05, 3.63) is 59.7 Å². The van der Waals surface area contributed by atoms with Crippen LogP contribution >= 0.6 is 0 Å². The Balaban J connectivity index is 1.95. The van der Waals surface area contributed by atoms with Crippen molar-refractivity contribution in [2.24, 2.45) is 0 Å². The summed E-state index contributed by atoms with van der Waals surface area (Å²) in [6.07, 6.45) is 0.656. The summed E-state index contributed by atoms with van der Waals surface area (Å²) in [4.78, 5) is 11.4. The lowest BCUT2D eigenvalue weighted by Crippen LogP contribution is -2.21. The number of ether oxygens (including phenoxy) is 2. The van der Waals surface area contributed by atoms with E-state index in [0.29, 0.717) is 24.7 Å². The van der Waals surface area contributed by atoms with Crippen LogP contribution in [0.1, 0.15) is 17.5 Å². The zero-order valence-corrected chi connectivity index (χ0v) is 13.6. The number of rotatable bonds is 8. The Morgan fingerprint density at radius 3 is 2.62 bits per heavy atom. The first kappa shape index (κ1) is 17.4. The van der Waals surface area contributed by atoms with E-state index in [0.717, 1.165) is 12.0 Å². The van der Waals surface area contributed by atoms with Crippen LogP contribution in [-0.2, 0) is 17.8 Å². The Hall–Kier alpha value is -3.00. The number of nitrogens with zero attached hydrogens (tertiary/aromatic N) is 1. The van der Waals surface area contributed by atoms with E-state index in [2.05, 4.69) is 17.4 Å². The Morgan fingerprint density at radius 2 is 1.92 bits per heavy atom. The molecule has 2 aromatic rings. The fourth-order valence-corrected chi connectivity index (χ4v) is 2.20. The SMILES string of the molecule is COc1ccc(CNC(=O)CC#N)cc1OCCc1ccccc1. The van der Waals surface area contributed by atoms with Crippen molar-refractivity contribution < 1.29 is 14.3 Å². The Morgan fingerprint density at radius 1 is 1.12 bits per heavy atom. The molecule has 0 aliphatic rings. The van der Waals surface area contributed by atoms with Gasteiger partial charge in [0.15, 0.2) is 11.5 Å². The second kappa shape index (κ2) is 9.21. The van der Waals surface area contributed by atoms with Crippen LogP contribution in [0.2, 0.25) is 0 Å². The molecule has 0 radical (unpaired) electrons. The third-order valence-corrected chi connectivity index (χ3v) is 3.45. The second-order valence-electron chi connectivity index (χ2n) is 5.18. The molecular formula is C19H20N2O3. The molecule has 1 N–H and O–H groups in total. The summed E-state index contributed by atoms with van der Waals surface area (Å²) in [5.41, 5.74) is 2.09. The molecule has 0 saturated carbocycles. The minimum Gasteiger partial charge on any atom is -0.493 e. The Labute approximate surface area is 141 Å². The molecule has 0 aliphatic carbocycles. The lowest BCUT2D eigenvalue weighted by Gasteiger charge is -2.13. The van der Waals surface area contributed by atoms with E-state index >= 15 is 0 Å². The number of carbonyl (C=O) groups excluding carboxylic acids is 1. The minimum atomic E-state index is -0.292. The molecule has 0 spiro atoms. The normalized spacial score (nSPS) is 9.83. The predicted octanol–water partition coefficient (Wildman–Crippen LogP) is 2.85. The molecule has 5 nitrogen and oxygen atoms in total. The van der Waals surface area contributed by atoms with Gasteiger partial charge in [-0.05, 0) is 23.3 Å². The summed E-state index contributed by atoms with van der Waals surface area (Å²) in [6.45, 7) is 0.879. The molecule has 5 heteroatoms. The van der Waals surface area contributed by atoms with Crippen molar-refractivity contribution in [2.75, 3.05) is 13.7 Å². The van der Waals surface area contributed by atoms with Crippen molar-refractivity contribution >= 4 is 5.91 Å². The predicted molar refractivity (Wildman–Crippen MR) is 90.7 cm³/mol. The first-order valence-corrected chi connectivity index (χ1v) is 7.70. The summed E-state index contributed by atoms with van der Waals surface area (Å²) in [7, 11) is 1.59. The third kappa shape index (κ3) is 5.33. The smallest absolute Gasteiger partial charge is 0.234 e. The van der Waals surface area contributed by atoms with Crippen molar-refractivity contribution in [3.63, 3.8) is 0 Å². The summed E-state index contributed by atoms with van der Waals surface area (Å²) >= 11 is 0. The molecule has 0 fully saturated rings. The highest BCUT2D eigenvalue weighted by Gasteiger charge is 2.07. The molecular weight excluding hydrogens is 304 g/mol. The van der Waals surface area contributed by atoms with Gasteiger partial charge in [-0.25, -0.2) is 0 Å². The zero-order valence-electron chi connectivity index (χ0n) is 13.6. The van der Waals surface area contributed by atoms with Gasteiger partial charge in [0.2, 0.25) is 5.91 Å². The molecule has 0 aliphatic heterocycles. The number of benzene rings is 2. The summed E-state index contributed by atoms with van der Waals surface area (Å²) in [6, 6.07) is 17.4. The largest absolute Gasteiger partial charge is 0.493 e. The maximum atomic E-state index is 11.4. The van der Waals surface area contributed by atoms with E-state index in [4.69, 9.17) is 14.7 Å². The van der Waals surface area contributed by atoms with Gasteiger partial charge in [-0.1, -0.05) is 36.4 Å². The van der Waals surface area contributed by atoms with Crippen molar-refractivity contribution in [1.29, 1.82) is 5.26 Å². The van der Waals surface area contributed by atoms with E-state index in [1.165, 1.54) is 5.56 Å². The van der Waals surface area contributed by atoms with Crippen LogP contribution in [-0.4, -0.2) is 19.6 Å². The third-order valence-electron chi connectivity index (χ3n) is 3.45. The number of hydrogen-bond acceptors (Lipinski definition) is 4. The van der Waals surface area contributed by atoms with E-state index in [1.807, 2.05) is 42.5 Å². The maximum absolute atomic E-state index is 11.4. The number of methoxy groups -OCH3 is 1. The standard InChI is InChI=1S/C19H20N2O3/c1-23-17-8-7-16(14-21-19(22)9-11-20)13-18(17)24-12-10-15-5-3-2-4-6-15/h2-8,13H,9-10,12,14H2,1H3,(H,21,22). The van der Waals surface area contributed by atoms with Crippen LogP contribution in [0.3, 0.4) is 0 Å². The summed E-state index contributed by atoms with van der Waals surface area (Å²) in [5, 5.41) is 11.2. The average Bonchev–Trinajstić information content (AvgIpc) is 2.61. The van der Waals surface area contributed by atoms with Crippen LogP contribution < -0.4 is 14.8 Å². The van der Waals surface area contributed by atoms with Crippen LogP contribution in [0.15, 0.2) is 48.5 Å². The van der Waals surface area contributed by atoms with Gasteiger partial charge in [-0.2, -0.15) is 5.26 Å². The molecule has 2 rings (SSSR count). The van der Waals surface area contributed by atoms with Gasteiger partial charge in [0.25, 0.3) is 0 Å². The second-order valence-corrected chi connectivity index (χ2v) is 5.18. The highest BCUT2D eigenvalue weighted by molar-refractivity contribution is 5.77. The molecule has 0 heterocycles. The van der Waals surface area contributed by atoms with Gasteiger partial charge in [-0.15, -0.1) is 0 Å². The highest BCUT2D eigenvalue weighted by Crippen LogP contribution is 2.28. The number of carbonyl (C=O) groups is 1. The monoisotopic (exact) mass is 324 g/mol. The summed E-state index contributed by atoms with van der Waals surface area (Å²) < 4.78 is 11.1. The van der Waals surface area contributed by atoms with Crippen LogP contribution in [0.25, 0.3) is 0 Å². The lowest BCUT2D eigenvalue weighted by atomic mass is 10.1. The van der Waals surface area contributed by atoms with E-state index in [1.54, 1.807) is 7.11 Å². The van der Waals surface area contributed by atoms with Gasteiger partial charge in [-0.3, -0.25) is 4.79 Å². The molecule has 124 valence electrons. The van der Waals surface area contributed by atoms with Gasteiger partial charge in [0, 0.05) is 13.0 Å². The first-order chi connectivity index (χ1) is 11.7. The van der Waals surface area contributed by atoms with Crippen LogP contribution in [0.5, 0.6) is 11.5 Å². The molecule has 0 atom stereocenters. The van der Waals surface area contributed by atoms with Crippen molar-refractivity contribution in [1.82, 2.24) is 5.32 Å². The Bertz CT molecular complexity index is 708. The molecule has 0 unspecified atom stereocenters. The number of nitrogens with one attached hydrogen (secondary N) is 1. The quantitative estimate of drug-likeness (QED) is 0.810. The van der Waals surface area contributed by atoms with Crippen LogP contribution in [0.4, 0.5) is 0 Å². The highest BCUT2D eigenvalue weighted by atomic mass is 16.5. The fraction of sp³-hybridized carbons (Fsp3) is 0.263. The molecule has 0 aromatic heterocycles. The van der Waals surface area contributed by atoms with Crippen LogP contribution in [0, 0.1) is 11.3 Å². The molecule has 0 bridgehead atoms. The summed E-state index contributed by atoms with van der Waals surface area (Å²) in [5.74, 6) is 0.996. The van der Waals surface area contributed by atoms with Gasteiger partial charge in [0.1, 0.15) is 6.42 Å². The minimum absolute atomic E-state index is 0.142. The van der Waals surface area contributed by atoms with Crippen molar-refractivity contribution in [3.8, 4) is 17.6 Å². The zero-order chi connectivity index (χ0) is 17.2. The molecule has 24 heavy (non-hydrogen) atoms. The topological polar surface area (TPSA) is 71.3 Å². The number of nitriles is 1. The molecule has 1 amide bonds. The van der Waals surface area contributed by atoms with Crippen molar-refractivity contribution in [2.45, 2.75) is 19.4 Å². The molecule has 0 saturated heterocycles. The van der Waals surface area contributed by atoms with E-state index in [-0.39, 0.29) is 12.3 Å². The van der Waals surface area contributed by atoms with Gasteiger partial charge >= 0.3 is 0 Å². The van der Waals surface area contributed by atoms with Gasteiger partial charge < -0.3 is 14.8 Å². The Kier molecular flexibility index (Phi) is 6.66. The average molecular weight is 324 g/mol. The fourth-order valence-electron chi connectivity index (χ4n) is 2.20. The molecule has 2 aromatic carbocycles. The first-order valence-electron chi connectivity index (χ1n) is 7.70.